The number of carbonyl (C=O) groups is 1. The molecule has 1 amide bonds. The summed E-state index contributed by atoms with van der Waals surface area (Å²) in [6, 6.07) is 9.41. The maximum atomic E-state index is 11.9. The Kier molecular flexibility index (Phi) is 5.52. The van der Waals surface area contributed by atoms with Gasteiger partial charge in [-0.15, -0.1) is 0 Å². The van der Waals surface area contributed by atoms with E-state index in [4.69, 9.17) is 15.3 Å². The Morgan fingerprint density at radius 2 is 2.00 bits per heavy atom. The molecule has 0 aliphatic heterocycles. The highest BCUT2D eigenvalue weighted by atomic mass is 16.5. The van der Waals surface area contributed by atoms with Gasteiger partial charge in [0, 0.05) is 7.11 Å². The quantitative estimate of drug-likeness (QED) is 0.488. The van der Waals surface area contributed by atoms with Crippen molar-refractivity contribution >= 4 is 5.91 Å². The molecule has 110 valence electrons. The highest BCUT2D eigenvalue weighted by molar-refractivity contribution is 5.81. The Morgan fingerprint density at radius 3 is 2.65 bits per heavy atom. The third-order valence-electron chi connectivity index (χ3n) is 3.72. The Hall–Kier alpha value is -1.43. The van der Waals surface area contributed by atoms with E-state index in [9.17, 15) is 4.79 Å². The lowest BCUT2D eigenvalue weighted by Gasteiger charge is -2.31. The van der Waals surface area contributed by atoms with Crippen LogP contribution in [0.25, 0.3) is 0 Å². The van der Waals surface area contributed by atoms with Crippen LogP contribution < -0.4 is 11.3 Å². The van der Waals surface area contributed by atoms with Crippen molar-refractivity contribution in [3.05, 3.63) is 35.9 Å². The van der Waals surface area contributed by atoms with Crippen molar-refractivity contribution < 1.29 is 14.3 Å². The molecule has 0 spiro atoms. The van der Waals surface area contributed by atoms with Crippen molar-refractivity contribution in [3.63, 3.8) is 0 Å². The average molecular weight is 278 g/mol. The van der Waals surface area contributed by atoms with Crippen LogP contribution >= 0.6 is 0 Å². The molecule has 0 heterocycles. The second-order valence-corrected chi connectivity index (χ2v) is 5.08. The van der Waals surface area contributed by atoms with Crippen molar-refractivity contribution in [2.24, 2.45) is 5.84 Å². The number of hydrogen-bond acceptors (Lipinski definition) is 4. The van der Waals surface area contributed by atoms with Gasteiger partial charge in [0.1, 0.15) is 0 Å². The van der Waals surface area contributed by atoms with E-state index in [0.717, 1.165) is 31.2 Å². The monoisotopic (exact) mass is 278 g/mol. The Morgan fingerprint density at radius 1 is 1.30 bits per heavy atom. The molecule has 20 heavy (non-hydrogen) atoms. The van der Waals surface area contributed by atoms with E-state index in [1.807, 2.05) is 30.3 Å². The van der Waals surface area contributed by atoms with Gasteiger partial charge in [-0.2, -0.15) is 0 Å². The predicted molar refractivity (Wildman–Crippen MR) is 75.7 cm³/mol. The maximum absolute atomic E-state index is 11.9. The summed E-state index contributed by atoms with van der Waals surface area (Å²) in [5, 5.41) is 0. The van der Waals surface area contributed by atoms with Crippen LogP contribution in [0.5, 0.6) is 0 Å². The van der Waals surface area contributed by atoms with Crippen LogP contribution in [0.3, 0.4) is 0 Å². The van der Waals surface area contributed by atoms with Crippen LogP contribution in [-0.4, -0.2) is 25.2 Å². The van der Waals surface area contributed by atoms with E-state index in [1.54, 1.807) is 7.11 Å². The van der Waals surface area contributed by atoms with Crippen LogP contribution in [0.2, 0.25) is 0 Å². The molecule has 2 rings (SSSR count). The largest absolute Gasteiger partial charge is 0.381 e. The van der Waals surface area contributed by atoms with E-state index in [-0.39, 0.29) is 18.1 Å². The standard InChI is InChI=1S/C15H22N2O3/c1-19-12-8-5-9-13(10-12)20-14(15(18)17-16)11-6-3-2-4-7-11/h2-4,6-7,12-14H,5,8-10,16H2,1H3,(H,17,18). The van der Waals surface area contributed by atoms with Crippen LogP contribution in [0.4, 0.5) is 0 Å². The molecule has 1 saturated carbocycles. The topological polar surface area (TPSA) is 73.6 Å². The molecule has 0 bridgehead atoms. The highest BCUT2D eigenvalue weighted by Gasteiger charge is 2.28. The molecule has 1 aliphatic rings. The molecule has 0 saturated heterocycles. The smallest absolute Gasteiger partial charge is 0.267 e. The minimum absolute atomic E-state index is 0.0243. The molecule has 5 heteroatoms. The summed E-state index contributed by atoms with van der Waals surface area (Å²) >= 11 is 0. The lowest BCUT2D eigenvalue weighted by molar-refractivity contribution is -0.141. The first-order chi connectivity index (χ1) is 9.74. The molecule has 0 aromatic heterocycles. The van der Waals surface area contributed by atoms with E-state index in [1.165, 1.54) is 0 Å². The van der Waals surface area contributed by atoms with Crippen molar-refractivity contribution in [2.45, 2.75) is 44.0 Å². The molecule has 5 nitrogen and oxygen atoms in total. The van der Waals surface area contributed by atoms with E-state index < -0.39 is 6.10 Å². The molecule has 1 aliphatic carbocycles. The molecule has 3 atom stereocenters. The molecule has 3 N–H and O–H groups in total. The summed E-state index contributed by atoms with van der Waals surface area (Å²) in [4.78, 5) is 11.9. The van der Waals surface area contributed by atoms with E-state index in [0.29, 0.717) is 0 Å². The van der Waals surface area contributed by atoms with Gasteiger partial charge in [-0.25, -0.2) is 5.84 Å². The lowest BCUT2D eigenvalue weighted by atomic mass is 9.94. The van der Waals surface area contributed by atoms with Crippen LogP contribution in [0, 0.1) is 0 Å². The number of carbonyl (C=O) groups excluding carboxylic acids is 1. The fourth-order valence-electron chi connectivity index (χ4n) is 2.63. The Labute approximate surface area is 119 Å². The van der Waals surface area contributed by atoms with Gasteiger partial charge in [-0.3, -0.25) is 10.2 Å². The number of methoxy groups -OCH3 is 1. The van der Waals surface area contributed by atoms with Crippen LogP contribution in [0.1, 0.15) is 37.4 Å². The zero-order valence-corrected chi connectivity index (χ0v) is 11.7. The van der Waals surface area contributed by atoms with Crippen molar-refractivity contribution in [1.82, 2.24) is 5.43 Å². The van der Waals surface area contributed by atoms with Crippen LogP contribution in [0.15, 0.2) is 30.3 Å². The van der Waals surface area contributed by atoms with Gasteiger partial charge in [0.25, 0.3) is 5.91 Å². The SMILES string of the molecule is COC1CCCC(OC(C(=O)NN)c2ccccc2)C1. The minimum atomic E-state index is -0.665. The van der Waals surface area contributed by atoms with Gasteiger partial charge in [-0.05, 0) is 31.2 Å². The number of ether oxygens (including phenoxy) is 2. The van der Waals surface area contributed by atoms with E-state index >= 15 is 0 Å². The Bertz CT molecular complexity index is 424. The van der Waals surface area contributed by atoms with Crippen molar-refractivity contribution in [1.29, 1.82) is 0 Å². The minimum Gasteiger partial charge on any atom is -0.381 e. The summed E-state index contributed by atoms with van der Waals surface area (Å²) in [5.41, 5.74) is 3.00. The molecule has 0 radical (unpaired) electrons. The molecule has 1 aromatic carbocycles. The summed E-state index contributed by atoms with van der Waals surface area (Å²) in [7, 11) is 1.72. The molecule has 3 unspecified atom stereocenters. The van der Waals surface area contributed by atoms with Gasteiger partial charge in [0.2, 0.25) is 0 Å². The number of hydrogen-bond donors (Lipinski definition) is 2. The first-order valence-electron chi connectivity index (χ1n) is 6.98. The molecule has 1 fully saturated rings. The summed E-state index contributed by atoms with van der Waals surface area (Å²) in [5.74, 6) is 4.94. The first-order valence-corrected chi connectivity index (χ1v) is 6.98. The van der Waals surface area contributed by atoms with E-state index in [2.05, 4.69) is 5.43 Å². The molecule has 1 aromatic rings. The average Bonchev–Trinajstić information content (AvgIpc) is 2.53. The number of nitrogens with one attached hydrogen (secondary N) is 1. The Balaban J connectivity index is 2.06. The first kappa shape index (κ1) is 15.0. The second-order valence-electron chi connectivity index (χ2n) is 5.08. The number of nitrogens with two attached hydrogens (primary N) is 1. The highest BCUT2D eigenvalue weighted by Crippen LogP contribution is 2.28. The van der Waals surface area contributed by atoms with Gasteiger partial charge in [0.05, 0.1) is 12.2 Å². The van der Waals surface area contributed by atoms with Gasteiger partial charge in [0.15, 0.2) is 6.10 Å². The fraction of sp³-hybridized carbons (Fsp3) is 0.533. The summed E-state index contributed by atoms with van der Waals surface area (Å²) in [6.45, 7) is 0. The summed E-state index contributed by atoms with van der Waals surface area (Å²) < 4.78 is 11.4. The number of rotatable bonds is 5. The maximum Gasteiger partial charge on any atom is 0.267 e. The zero-order chi connectivity index (χ0) is 14.4. The van der Waals surface area contributed by atoms with Crippen molar-refractivity contribution in [2.75, 3.05) is 7.11 Å². The summed E-state index contributed by atoms with van der Waals surface area (Å²) in [6.07, 6.45) is 3.44. The van der Waals surface area contributed by atoms with Gasteiger partial charge in [-0.1, -0.05) is 30.3 Å². The lowest BCUT2D eigenvalue weighted by Crippen LogP contribution is -2.38. The molecular weight excluding hydrogens is 256 g/mol. The number of benzene rings is 1. The third kappa shape index (κ3) is 3.79. The fourth-order valence-corrected chi connectivity index (χ4v) is 2.63. The van der Waals surface area contributed by atoms with Crippen molar-refractivity contribution in [3.8, 4) is 0 Å². The zero-order valence-electron chi connectivity index (χ0n) is 11.7. The normalized spacial score (nSPS) is 24.1. The number of hydrazine groups is 1. The second kappa shape index (κ2) is 7.38. The van der Waals surface area contributed by atoms with Crippen LogP contribution in [-0.2, 0) is 14.3 Å². The number of amides is 1. The predicted octanol–water partition coefficient (Wildman–Crippen LogP) is 1.69. The van der Waals surface area contributed by atoms with Gasteiger partial charge >= 0.3 is 0 Å². The molecular formula is C15H22N2O3. The third-order valence-corrected chi connectivity index (χ3v) is 3.72. The van der Waals surface area contributed by atoms with Gasteiger partial charge < -0.3 is 9.47 Å².